The van der Waals surface area contributed by atoms with Crippen molar-refractivity contribution in [1.29, 1.82) is 0 Å². The summed E-state index contributed by atoms with van der Waals surface area (Å²) in [5.74, 6) is -0.698. The van der Waals surface area contributed by atoms with Crippen LogP contribution in [0.3, 0.4) is 0 Å². The van der Waals surface area contributed by atoms with Crippen LogP contribution >= 0.6 is 35.3 Å². The van der Waals surface area contributed by atoms with Crippen LogP contribution in [0.4, 0.5) is 21.2 Å². The molecule has 0 fully saturated rings. The maximum atomic E-state index is 13.6. The molecule has 0 saturated carbocycles. The highest BCUT2D eigenvalue weighted by Gasteiger charge is 2.33. The number of nitrogens with one attached hydrogen (secondary N) is 3. The van der Waals surface area contributed by atoms with Gasteiger partial charge in [-0.25, -0.2) is 9.59 Å². The van der Waals surface area contributed by atoms with Gasteiger partial charge in [0.05, 0.1) is 24.0 Å². The quantitative estimate of drug-likeness (QED) is 0.123. The van der Waals surface area contributed by atoms with Crippen molar-refractivity contribution in [2.45, 2.75) is 69.8 Å². The van der Waals surface area contributed by atoms with Crippen LogP contribution in [0.1, 0.15) is 61.8 Å². The molecule has 1 atom stereocenters. The number of thiophene rings is 1. The Morgan fingerprint density at radius 1 is 1.02 bits per heavy atom. The van der Waals surface area contributed by atoms with E-state index in [1.165, 1.54) is 23.1 Å². The van der Waals surface area contributed by atoms with Gasteiger partial charge in [0, 0.05) is 27.7 Å². The molecule has 0 aliphatic carbocycles. The number of anilines is 3. The Hall–Kier alpha value is -3.61. The van der Waals surface area contributed by atoms with E-state index in [0.717, 1.165) is 26.7 Å². The summed E-state index contributed by atoms with van der Waals surface area (Å²) in [5.41, 5.74) is 2.24. The molecule has 0 spiro atoms. The lowest BCUT2D eigenvalue weighted by Gasteiger charge is -2.30. The number of para-hydroxylation sites is 1. The van der Waals surface area contributed by atoms with Crippen LogP contribution in [0.25, 0.3) is 0 Å². The van der Waals surface area contributed by atoms with Crippen molar-refractivity contribution in [1.82, 2.24) is 4.90 Å². The molecule has 0 radical (unpaired) electrons. The van der Waals surface area contributed by atoms with Crippen molar-refractivity contribution in [3.8, 4) is 0 Å². The second kappa shape index (κ2) is 14.9. The Morgan fingerprint density at radius 3 is 2.41 bits per heavy atom. The summed E-state index contributed by atoms with van der Waals surface area (Å²) >= 11 is 8.20. The van der Waals surface area contributed by atoms with E-state index in [0.29, 0.717) is 41.6 Å². The molecule has 9 nitrogen and oxygen atoms in total. The van der Waals surface area contributed by atoms with E-state index in [1.54, 1.807) is 11.8 Å². The predicted octanol–water partition coefficient (Wildman–Crippen LogP) is 7.54. The molecule has 44 heavy (non-hydrogen) atoms. The first-order chi connectivity index (χ1) is 21.0. The van der Waals surface area contributed by atoms with Gasteiger partial charge in [-0.15, -0.1) is 23.1 Å². The number of thioether (sulfide) groups is 1. The third-order valence-electron chi connectivity index (χ3n) is 6.49. The molecule has 1 aliphatic heterocycles. The SMILES string of the molecule is CCOC(=O)c1c(NC(=O)C(CC)Sc2cccc(NC(=S)Nc3ccccc3)c2)sc2c1CCN(C(=O)OC(C)(C)C)C2. The lowest BCUT2D eigenvalue weighted by atomic mass is 10.0. The number of benzene rings is 2. The number of nitrogens with zero attached hydrogens (tertiary/aromatic N) is 1. The van der Waals surface area contributed by atoms with Crippen LogP contribution in [0.15, 0.2) is 59.5 Å². The first-order valence-corrected chi connectivity index (χ1v) is 16.6. The normalized spacial score (nSPS) is 13.3. The minimum absolute atomic E-state index is 0.211. The molecule has 2 heterocycles. The number of carbonyl (C=O) groups is 3. The fraction of sp³-hybridized carbons (Fsp3) is 0.375. The van der Waals surface area contributed by atoms with Crippen LogP contribution in [-0.2, 0) is 27.2 Å². The molecule has 3 aromatic rings. The Kier molecular flexibility index (Phi) is 11.3. The molecule has 2 aromatic carbocycles. The van der Waals surface area contributed by atoms with Gasteiger partial charge in [0.1, 0.15) is 10.6 Å². The second-order valence-electron chi connectivity index (χ2n) is 11.1. The molecule has 3 N–H and O–H groups in total. The molecule has 1 aromatic heterocycles. The predicted molar refractivity (Wildman–Crippen MR) is 182 cm³/mol. The van der Waals surface area contributed by atoms with E-state index in [1.807, 2.05) is 82.3 Å². The number of thiocarbonyl (C=S) groups is 1. The summed E-state index contributed by atoms with van der Waals surface area (Å²) in [6.07, 6.45) is 0.617. The van der Waals surface area contributed by atoms with Gasteiger partial charge < -0.3 is 30.3 Å². The lowest BCUT2D eigenvalue weighted by Crippen LogP contribution is -2.39. The minimum Gasteiger partial charge on any atom is -0.462 e. The number of hydrogen-bond donors (Lipinski definition) is 3. The zero-order valence-electron chi connectivity index (χ0n) is 25.5. The summed E-state index contributed by atoms with van der Waals surface area (Å²) < 4.78 is 10.9. The summed E-state index contributed by atoms with van der Waals surface area (Å²) in [6.45, 7) is 10.1. The van der Waals surface area contributed by atoms with Gasteiger partial charge >= 0.3 is 12.1 Å². The maximum Gasteiger partial charge on any atom is 0.410 e. The number of hydrogen-bond acceptors (Lipinski definition) is 8. The highest BCUT2D eigenvalue weighted by Crippen LogP contribution is 2.39. The largest absolute Gasteiger partial charge is 0.462 e. The van der Waals surface area contributed by atoms with Crippen LogP contribution in [0.2, 0.25) is 0 Å². The van der Waals surface area contributed by atoms with Crippen LogP contribution in [-0.4, -0.2) is 52.0 Å². The average Bonchev–Trinajstić information content (AvgIpc) is 3.32. The first-order valence-electron chi connectivity index (χ1n) is 14.5. The van der Waals surface area contributed by atoms with Gasteiger partial charge in [-0.2, -0.15) is 0 Å². The standard InChI is InChI=1S/C32H38N4O5S3/c1-6-24(43-22-15-11-14-21(18-22)34-30(42)33-20-12-9-8-10-13-20)27(37)35-28-26(29(38)40-7-2)23-16-17-36(19-25(23)44-28)31(39)41-32(3,4)5/h8-15,18,24H,6-7,16-17,19H2,1-5H3,(H,35,37)(H2,33,34,42). The molecule has 4 rings (SSSR count). The number of rotatable bonds is 9. The molecule has 1 aliphatic rings. The fourth-order valence-corrected chi connectivity index (χ4v) is 7.04. The van der Waals surface area contributed by atoms with E-state index in [-0.39, 0.29) is 12.5 Å². The van der Waals surface area contributed by atoms with Gasteiger partial charge in [-0.1, -0.05) is 31.2 Å². The van der Waals surface area contributed by atoms with Crippen molar-refractivity contribution in [2.75, 3.05) is 29.1 Å². The third kappa shape index (κ3) is 8.96. The topological polar surface area (TPSA) is 109 Å². The molecule has 12 heteroatoms. The van der Waals surface area contributed by atoms with E-state index >= 15 is 0 Å². The maximum absolute atomic E-state index is 13.6. The van der Waals surface area contributed by atoms with Gasteiger partial charge in [-0.3, -0.25) is 4.79 Å². The monoisotopic (exact) mass is 654 g/mol. The summed E-state index contributed by atoms with van der Waals surface area (Å²) in [5, 5.41) is 9.84. The minimum atomic E-state index is -0.616. The number of carbonyl (C=O) groups excluding carboxylic acids is 3. The Labute approximate surface area is 272 Å². The highest BCUT2D eigenvalue weighted by atomic mass is 32.2. The Morgan fingerprint density at radius 2 is 1.73 bits per heavy atom. The Bertz CT molecular complexity index is 1500. The van der Waals surface area contributed by atoms with Gasteiger partial charge in [0.2, 0.25) is 5.91 Å². The molecule has 1 unspecified atom stereocenters. The van der Waals surface area contributed by atoms with Gasteiger partial charge in [0.15, 0.2) is 5.11 Å². The van der Waals surface area contributed by atoms with Crippen LogP contribution < -0.4 is 16.0 Å². The van der Waals surface area contributed by atoms with Crippen molar-refractivity contribution in [3.63, 3.8) is 0 Å². The van der Waals surface area contributed by atoms with Crippen molar-refractivity contribution < 1.29 is 23.9 Å². The summed E-state index contributed by atoms with van der Waals surface area (Å²) in [6, 6.07) is 17.4. The number of esters is 1. The molecule has 2 amide bonds. The van der Waals surface area contributed by atoms with Crippen LogP contribution in [0, 0.1) is 0 Å². The molecule has 234 valence electrons. The van der Waals surface area contributed by atoms with E-state index < -0.39 is 22.9 Å². The zero-order valence-corrected chi connectivity index (χ0v) is 28.0. The van der Waals surface area contributed by atoms with E-state index in [9.17, 15) is 14.4 Å². The molecule has 0 bridgehead atoms. The van der Waals surface area contributed by atoms with Crippen molar-refractivity contribution in [3.05, 3.63) is 70.6 Å². The van der Waals surface area contributed by atoms with E-state index in [2.05, 4.69) is 16.0 Å². The van der Waals surface area contributed by atoms with Gasteiger partial charge in [-0.05, 0) is 88.6 Å². The number of amides is 2. The zero-order chi connectivity index (χ0) is 31.9. The average molecular weight is 655 g/mol. The van der Waals surface area contributed by atoms with Crippen molar-refractivity contribution >= 4 is 74.8 Å². The fourth-order valence-electron chi connectivity index (χ4n) is 4.53. The summed E-state index contributed by atoms with van der Waals surface area (Å²) in [7, 11) is 0. The molecular weight excluding hydrogens is 617 g/mol. The summed E-state index contributed by atoms with van der Waals surface area (Å²) in [4.78, 5) is 42.7. The van der Waals surface area contributed by atoms with E-state index in [4.69, 9.17) is 21.7 Å². The smallest absolute Gasteiger partial charge is 0.410 e. The molecular formula is C32H38N4O5S3. The number of ether oxygens (including phenoxy) is 2. The lowest BCUT2D eigenvalue weighted by molar-refractivity contribution is -0.115. The molecule has 0 saturated heterocycles. The Balaban J connectivity index is 1.47. The number of fused-ring (bicyclic) bond motifs is 1. The van der Waals surface area contributed by atoms with Crippen LogP contribution in [0.5, 0.6) is 0 Å². The first kappa shape index (κ1) is 33.3. The highest BCUT2D eigenvalue weighted by molar-refractivity contribution is 8.00. The van der Waals surface area contributed by atoms with Crippen molar-refractivity contribution in [2.24, 2.45) is 0 Å². The second-order valence-corrected chi connectivity index (χ2v) is 13.8. The van der Waals surface area contributed by atoms with Gasteiger partial charge in [0.25, 0.3) is 0 Å². The third-order valence-corrected chi connectivity index (χ3v) is 9.18.